The summed E-state index contributed by atoms with van der Waals surface area (Å²) < 4.78 is 4.73. The highest BCUT2D eigenvalue weighted by Gasteiger charge is 2.30. The van der Waals surface area contributed by atoms with Crippen molar-refractivity contribution in [1.29, 1.82) is 0 Å². The Morgan fingerprint density at radius 1 is 1.15 bits per heavy atom. The van der Waals surface area contributed by atoms with E-state index in [1.54, 1.807) is 0 Å². The van der Waals surface area contributed by atoms with E-state index in [0.29, 0.717) is 13.0 Å². The first kappa shape index (κ1) is 14.1. The summed E-state index contributed by atoms with van der Waals surface area (Å²) >= 11 is 0. The van der Waals surface area contributed by atoms with Gasteiger partial charge in [-0.25, -0.2) is 0 Å². The van der Waals surface area contributed by atoms with Crippen LogP contribution in [0.15, 0.2) is 12.2 Å². The predicted octanol–water partition coefficient (Wildman–Crippen LogP) is -0.607. The van der Waals surface area contributed by atoms with Crippen LogP contribution < -0.4 is 0 Å². The fourth-order valence-corrected chi connectivity index (χ4v) is 2.11. The Morgan fingerprint density at radius 2 is 1.80 bits per heavy atom. The maximum atomic E-state index is 11.7. The number of imide groups is 1. The average molecular weight is 279 g/mol. The predicted molar refractivity (Wildman–Crippen MR) is 64.2 cm³/mol. The van der Waals surface area contributed by atoms with Crippen LogP contribution in [0.1, 0.15) is 19.3 Å². The zero-order valence-electron chi connectivity index (χ0n) is 10.7. The quantitative estimate of drug-likeness (QED) is 0.365. The second-order valence-corrected chi connectivity index (χ2v) is 4.71. The van der Waals surface area contributed by atoms with Crippen molar-refractivity contribution in [2.24, 2.45) is 5.92 Å². The maximum Gasteiger partial charge on any atom is 0.309 e. The van der Waals surface area contributed by atoms with Gasteiger partial charge in [-0.05, 0) is 6.42 Å². The molecule has 0 radical (unpaired) electrons. The molecule has 0 aromatic rings. The Bertz CT molecular complexity index is 503. The topological polar surface area (TPSA) is 97.8 Å². The summed E-state index contributed by atoms with van der Waals surface area (Å²) in [4.78, 5) is 57.8. The third kappa shape index (κ3) is 3.17. The smallest absolute Gasteiger partial charge is 0.309 e. The van der Waals surface area contributed by atoms with Crippen molar-refractivity contribution >= 4 is 29.4 Å². The maximum absolute atomic E-state index is 11.7. The number of nitrogens with zero attached hydrogens (tertiary/aromatic N) is 1. The lowest BCUT2D eigenvalue weighted by atomic mass is 9.98. The van der Waals surface area contributed by atoms with E-state index < -0.39 is 36.0 Å². The molecule has 0 aromatic heterocycles. The lowest BCUT2D eigenvalue weighted by Gasteiger charge is -2.12. The van der Waals surface area contributed by atoms with E-state index in [9.17, 15) is 24.0 Å². The minimum absolute atomic E-state index is 0.0370. The van der Waals surface area contributed by atoms with E-state index in [1.807, 2.05) is 0 Å². The van der Waals surface area contributed by atoms with E-state index in [1.165, 1.54) is 0 Å². The summed E-state index contributed by atoms with van der Waals surface area (Å²) in [5.74, 6) is -2.92. The summed E-state index contributed by atoms with van der Waals surface area (Å²) in [5, 5.41) is 0. The summed E-state index contributed by atoms with van der Waals surface area (Å²) in [6.07, 6.45) is 2.20. The molecule has 0 N–H and O–H groups in total. The third-order valence-corrected chi connectivity index (χ3v) is 3.15. The van der Waals surface area contributed by atoms with Crippen LogP contribution in [0.5, 0.6) is 0 Å². The molecule has 0 spiro atoms. The molecule has 2 aliphatic heterocycles. The molecule has 0 aromatic carbocycles. The number of esters is 1. The van der Waals surface area contributed by atoms with Crippen LogP contribution in [0.25, 0.3) is 0 Å². The van der Waals surface area contributed by atoms with Gasteiger partial charge in [-0.15, -0.1) is 0 Å². The summed E-state index contributed by atoms with van der Waals surface area (Å²) in [7, 11) is 0. The van der Waals surface area contributed by atoms with Crippen molar-refractivity contribution < 1.29 is 28.7 Å². The summed E-state index contributed by atoms with van der Waals surface area (Å²) in [6, 6.07) is 0. The standard InChI is InChI=1S/C13H13NO6/c15-9(5-8-3-4-20-13(8)19)6-10(16)7-14-11(17)1-2-12(14)18/h1-2,8H,3-7H2. The highest BCUT2D eigenvalue weighted by Crippen LogP contribution is 2.19. The molecule has 0 aliphatic carbocycles. The van der Waals surface area contributed by atoms with Gasteiger partial charge in [0.1, 0.15) is 5.78 Å². The third-order valence-electron chi connectivity index (χ3n) is 3.15. The number of Topliss-reactive ketones (excluding diaryl/α,β-unsaturated/α-hetero) is 2. The van der Waals surface area contributed by atoms with Crippen LogP contribution >= 0.6 is 0 Å². The Balaban J connectivity index is 1.79. The molecule has 1 atom stereocenters. The van der Waals surface area contributed by atoms with Crippen LogP contribution in [-0.4, -0.2) is 47.4 Å². The van der Waals surface area contributed by atoms with Gasteiger partial charge in [0, 0.05) is 18.6 Å². The monoisotopic (exact) mass is 279 g/mol. The van der Waals surface area contributed by atoms with Crippen molar-refractivity contribution in [3.8, 4) is 0 Å². The highest BCUT2D eigenvalue weighted by molar-refractivity contribution is 6.15. The Kier molecular flexibility index (Phi) is 4.07. The molecule has 2 heterocycles. The van der Waals surface area contributed by atoms with Crippen molar-refractivity contribution in [3.63, 3.8) is 0 Å². The van der Waals surface area contributed by atoms with Gasteiger partial charge in [0.2, 0.25) is 0 Å². The van der Waals surface area contributed by atoms with Crippen LogP contribution in [-0.2, 0) is 28.7 Å². The van der Waals surface area contributed by atoms with Crippen molar-refractivity contribution in [2.75, 3.05) is 13.2 Å². The number of ketones is 2. The Hall–Kier alpha value is -2.31. The Morgan fingerprint density at radius 3 is 2.35 bits per heavy atom. The highest BCUT2D eigenvalue weighted by atomic mass is 16.5. The number of carbonyl (C=O) groups excluding carboxylic acids is 5. The minimum Gasteiger partial charge on any atom is -0.465 e. The molecule has 2 aliphatic rings. The van der Waals surface area contributed by atoms with Gasteiger partial charge in [-0.3, -0.25) is 28.9 Å². The van der Waals surface area contributed by atoms with Crippen LogP contribution in [0.4, 0.5) is 0 Å². The lowest BCUT2D eigenvalue weighted by molar-refractivity contribution is -0.143. The molecule has 2 amide bonds. The van der Waals surface area contributed by atoms with Gasteiger partial charge < -0.3 is 4.74 Å². The number of amides is 2. The summed E-state index contributed by atoms with van der Waals surface area (Å²) in [5.41, 5.74) is 0. The molecule has 0 bridgehead atoms. The molecule has 7 nitrogen and oxygen atoms in total. The van der Waals surface area contributed by atoms with E-state index in [-0.39, 0.29) is 18.6 Å². The SMILES string of the molecule is O=C(CC(=O)CN1C(=O)C=CC1=O)CC1CCOC1=O. The number of rotatable bonds is 6. The molecule has 1 saturated heterocycles. The van der Waals surface area contributed by atoms with Gasteiger partial charge in [0.15, 0.2) is 5.78 Å². The van der Waals surface area contributed by atoms with E-state index in [0.717, 1.165) is 17.1 Å². The molecule has 106 valence electrons. The van der Waals surface area contributed by atoms with Crippen LogP contribution in [0.3, 0.4) is 0 Å². The first-order valence-corrected chi connectivity index (χ1v) is 6.21. The molecule has 1 fully saturated rings. The van der Waals surface area contributed by atoms with E-state index >= 15 is 0 Å². The van der Waals surface area contributed by atoms with Gasteiger partial charge in [-0.1, -0.05) is 0 Å². The zero-order chi connectivity index (χ0) is 14.7. The first-order valence-electron chi connectivity index (χ1n) is 6.21. The number of hydrogen-bond acceptors (Lipinski definition) is 6. The van der Waals surface area contributed by atoms with Crippen LogP contribution in [0, 0.1) is 5.92 Å². The average Bonchev–Trinajstić information content (AvgIpc) is 2.90. The lowest BCUT2D eigenvalue weighted by Crippen LogP contribution is -2.35. The fraction of sp³-hybridized carbons (Fsp3) is 0.462. The Labute approximate surface area is 114 Å². The fourth-order valence-electron chi connectivity index (χ4n) is 2.11. The number of ether oxygens (including phenoxy) is 1. The second kappa shape index (κ2) is 5.77. The molecule has 7 heteroatoms. The normalized spacial score (nSPS) is 21.5. The van der Waals surface area contributed by atoms with Gasteiger partial charge >= 0.3 is 5.97 Å². The molecular formula is C13H13NO6. The second-order valence-electron chi connectivity index (χ2n) is 4.71. The van der Waals surface area contributed by atoms with E-state index in [4.69, 9.17) is 4.74 Å². The molecule has 2 rings (SSSR count). The number of carbonyl (C=O) groups is 5. The molecular weight excluding hydrogens is 266 g/mol. The molecule has 1 unspecified atom stereocenters. The first-order chi connectivity index (χ1) is 9.47. The minimum atomic E-state index is -0.560. The summed E-state index contributed by atoms with van der Waals surface area (Å²) in [6.45, 7) is -0.112. The van der Waals surface area contributed by atoms with E-state index in [2.05, 4.69) is 0 Å². The van der Waals surface area contributed by atoms with Gasteiger partial charge in [-0.2, -0.15) is 0 Å². The van der Waals surface area contributed by atoms with Gasteiger partial charge in [0.05, 0.1) is 25.5 Å². The van der Waals surface area contributed by atoms with Crippen molar-refractivity contribution in [3.05, 3.63) is 12.2 Å². The number of hydrogen-bond donors (Lipinski definition) is 0. The molecule has 20 heavy (non-hydrogen) atoms. The van der Waals surface area contributed by atoms with Gasteiger partial charge in [0.25, 0.3) is 11.8 Å². The largest absolute Gasteiger partial charge is 0.465 e. The van der Waals surface area contributed by atoms with Crippen LogP contribution in [0.2, 0.25) is 0 Å². The van der Waals surface area contributed by atoms with Crippen molar-refractivity contribution in [2.45, 2.75) is 19.3 Å². The van der Waals surface area contributed by atoms with Crippen molar-refractivity contribution in [1.82, 2.24) is 4.90 Å². The molecule has 0 saturated carbocycles. The zero-order valence-corrected chi connectivity index (χ0v) is 10.7. The number of cyclic esters (lactones) is 1.